The van der Waals surface area contributed by atoms with E-state index in [4.69, 9.17) is 4.74 Å². The van der Waals surface area contributed by atoms with Crippen LogP contribution in [0.15, 0.2) is 54.7 Å². The Morgan fingerprint density at radius 1 is 1.04 bits per heavy atom. The maximum atomic E-state index is 12.1. The molecule has 0 atom stereocenters. The lowest BCUT2D eigenvalue weighted by atomic mass is 10.1. The minimum Gasteiger partial charge on any atom is -0.462 e. The number of carbonyl (C=O) groups is 1. The van der Waals surface area contributed by atoms with Gasteiger partial charge in [0.05, 0.1) is 17.9 Å². The van der Waals surface area contributed by atoms with Crippen molar-refractivity contribution in [2.24, 2.45) is 0 Å². The van der Waals surface area contributed by atoms with Crippen molar-refractivity contribution in [1.29, 1.82) is 0 Å². The zero-order valence-electron chi connectivity index (χ0n) is 15.6. The van der Waals surface area contributed by atoms with E-state index in [2.05, 4.69) is 46.6 Å². The zero-order valence-corrected chi connectivity index (χ0v) is 15.6. The fourth-order valence-electron chi connectivity index (χ4n) is 2.56. The van der Waals surface area contributed by atoms with Gasteiger partial charge in [-0.05, 0) is 62.2 Å². The van der Waals surface area contributed by atoms with Crippen molar-refractivity contribution >= 4 is 29.1 Å². The number of hydrogen-bond acceptors (Lipinski definition) is 6. The van der Waals surface area contributed by atoms with Crippen molar-refractivity contribution in [3.05, 3.63) is 71.4 Å². The molecule has 1 aromatic heterocycles. The number of aromatic nitrogens is 2. The standard InChI is InChI=1S/C21H22N4O2/c1-4-27-20(26)17-7-5-6-8-18(17)24-21-22-12-11-19(25-21)23-16-10-9-14(2)15(3)13-16/h5-13H,4H2,1-3H3,(H2,22,23,24,25). The van der Waals surface area contributed by atoms with Crippen LogP contribution < -0.4 is 10.6 Å². The molecule has 0 unspecified atom stereocenters. The van der Waals surface area contributed by atoms with E-state index in [1.165, 1.54) is 11.1 Å². The summed E-state index contributed by atoms with van der Waals surface area (Å²) < 4.78 is 5.10. The van der Waals surface area contributed by atoms with Gasteiger partial charge in [0.15, 0.2) is 0 Å². The van der Waals surface area contributed by atoms with E-state index in [1.54, 1.807) is 37.4 Å². The predicted molar refractivity (Wildman–Crippen MR) is 107 cm³/mol. The van der Waals surface area contributed by atoms with Gasteiger partial charge in [-0.3, -0.25) is 0 Å². The van der Waals surface area contributed by atoms with Gasteiger partial charge in [0.2, 0.25) is 5.95 Å². The molecule has 0 aliphatic carbocycles. The molecule has 3 aromatic rings. The van der Waals surface area contributed by atoms with Gasteiger partial charge in [0, 0.05) is 11.9 Å². The molecule has 3 rings (SSSR count). The molecule has 0 aliphatic rings. The van der Waals surface area contributed by atoms with Gasteiger partial charge in [-0.25, -0.2) is 9.78 Å². The normalized spacial score (nSPS) is 10.3. The Hall–Kier alpha value is -3.41. The zero-order chi connectivity index (χ0) is 19.2. The first kappa shape index (κ1) is 18.4. The molecule has 0 bridgehead atoms. The highest BCUT2D eigenvalue weighted by Crippen LogP contribution is 2.22. The Morgan fingerprint density at radius 3 is 2.63 bits per heavy atom. The van der Waals surface area contributed by atoms with E-state index in [9.17, 15) is 4.79 Å². The van der Waals surface area contributed by atoms with Crippen molar-refractivity contribution < 1.29 is 9.53 Å². The first-order valence-electron chi connectivity index (χ1n) is 8.77. The molecule has 0 spiro atoms. The first-order chi connectivity index (χ1) is 13.1. The van der Waals surface area contributed by atoms with Gasteiger partial charge in [0.25, 0.3) is 0 Å². The van der Waals surface area contributed by atoms with Crippen LogP contribution in [0.4, 0.5) is 23.1 Å². The van der Waals surface area contributed by atoms with Gasteiger partial charge >= 0.3 is 5.97 Å². The molecule has 0 radical (unpaired) electrons. The summed E-state index contributed by atoms with van der Waals surface area (Å²) in [5.74, 6) is 0.662. The molecule has 0 saturated carbocycles. The molecule has 2 N–H and O–H groups in total. The smallest absolute Gasteiger partial charge is 0.340 e. The van der Waals surface area contributed by atoms with Crippen molar-refractivity contribution in [3.63, 3.8) is 0 Å². The van der Waals surface area contributed by atoms with Crippen LogP contribution >= 0.6 is 0 Å². The number of anilines is 4. The topological polar surface area (TPSA) is 76.1 Å². The molecule has 6 nitrogen and oxygen atoms in total. The summed E-state index contributed by atoms with van der Waals surface area (Å²) in [4.78, 5) is 20.8. The average Bonchev–Trinajstić information content (AvgIpc) is 2.66. The summed E-state index contributed by atoms with van der Waals surface area (Å²) in [5.41, 5.74) is 4.43. The van der Waals surface area contributed by atoms with Gasteiger partial charge in [-0.1, -0.05) is 18.2 Å². The summed E-state index contributed by atoms with van der Waals surface area (Å²) in [6.07, 6.45) is 1.66. The minimum absolute atomic E-state index is 0.318. The molecule has 138 valence electrons. The summed E-state index contributed by atoms with van der Waals surface area (Å²) in [5, 5.41) is 6.37. The molecule has 0 fully saturated rings. The SMILES string of the molecule is CCOC(=O)c1ccccc1Nc1nccc(Nc2ccc(C)c(C)c2)n1. The Kier molecular flexibility index (Phi) is 5.66. The van der Waals surface area contributed by atoms with Crippen LogP contribution in [0.1, 0.15) is 28.4 Å². The molecule has 0 saturated heterocycles. The maximum absolute atomic E-state index is 12.1. The van der Waals surface area contributed by atoms with Crippen LogP contribution in [-0.2, 0) is 4.74 Å². The average molecular weight is 362 g/mol. The molecular weight excluding hydrogens is 340 g/mol. The van der Waals surface area contributed by atoms with E-state index < -0.39 is 0 Å². The summed E-state index contributed by atoms with van der Waals surface area (Å²) in [7, 11) is 0. The quantitative estimate of drug-likeness (QED) is 0.616. The van der Waals surface area contributed by atoms with Crippen LogP contribution in [0.2, 0.25) is 0 Å². The van der Waals surface area contributed by atoms with Crippen LogP contribution in [0.25, 0.3) is 0 Å². The summed E-state index contributed by atoms with van der Waals surface area (Å²) >= 11 is 0. The lowest BCUT2D eigenvalue weighted by Gasteiger charge is -2.12. The second-order valence-corrected chi connectivity index (χ2v) is 6.08. The number of nitrogens with one attached hydrogen (secondary N) is 2. The number of carbonyl (C=O) groups excluding carboxylic acids is 1. The Balaban J connectivity index is 1.80. The third-order valence-corrected chi connectivity index (χ3v) is 4.10. The molecular formula is C21H22N4O2. The van der Waals surface area contributed by atoms with Gasteiger partial charge in [-0.2, -0.15) is 4.98 Å². The largest absolute Gasteiger partial charge is 0.462 e. The van der Waals surface area contributed by atoms with Crippen LogP contribution in [0.3, 0.4) is 0 Å². The molecule has 27 heavy (non-hydrogen) atoms. The van der Waals surface area contributed by atoms with Crippen molar-refractivity contribution in [2.45, 2.75) is 20.8 Å². The Morgan fingerprint density at radius 2 is 1.85 bits per heavy atom. The molecule has 2 aromatic carbocycles. The number of benzene rings is 2. The predicted octanol–water partition coefficient (Wildman–Crippen LogP) is 4.76. The van der Waals surface area contributed by atoms with Gasteiger partial charge < -0.3 is 15.4 Å². The molecule has 6 heteroatoms. The number of nitrogens with zero attached hydrogens (tertiary/aromatic N) is 2. The van der Waals surface area contributed by atoms with Crippen molar-refractivity contribution in [1.82, 2.24) is 9.97 Å². The van der Waals surface area contributed by atoms with Crippen LogP contribution in [0, 0.1) is 13.8 Å². The summed E-state index contributed by atoms with van der Waals surface area (Å²) in [6, 6.07) is 15.0. The minimum atomic E-state index is -0.384. The number of hydrogen-bond donors (Lipinski definition) is 2. The number of esters is 1. The van der Waals surface area contributed by atoms with E-state index in [0.29, 0.717) is 29.6 Å². The Labute approximate surface area is 158 Å². The van der Waals surface area contributed by atoms with Crippen molar-refractivity contribution in [2.75, 3.05) is 17.2 Å². The van der Waals surface area contributed by atoms with E-state index >= 15 is 0 Å². The van der Waals surface area contributed by atoms with E-state index in [0.717, 1.165) is 5.69 Å². The second-order valence-electron chi connectivity index (χ2n) is 6.08. The summed E-state index contributed by atoms with van der Waals surface area (Å²) in [6.45, 7) is 6.24. The fraction of sp³-hybridized carbons (Fsp3) is 0.190. The second kappa shape index (κ2) is 8.31. The lowest BCUT2D eigenvalue weighted by molar-refractivity contribution is 0.0527. The highest BCUT2D eigenvalue weighted by Gasteiger charge is 2.13. The Bertz CT molecular complexity index is 956. The molecule has 0 amide bonds. The molecule has 0 aliphatic heterocycles. The number of aryl methyl sites for hydroxylation is 2. The number of para-hydroxylation sites is 1. The van der Waals surface area contributed by atoms with Gasteiger partial charge in [-0.15, -0.1) is 0 Å². The highest BCUT2D eigenvalue weighted by molar-refractivity contribution is 5.96. The monoisotopic (exact) mass is 362 g/mol. The van der Waals surface area contributed by atoms with Crippen molar-refractivity contribution in [3.8, 4) is 0 Å². The lowest BCUT2D eigenvalue weighted by Crippen LogP contribution is -2.09. The number of rotatable bonds is 6. The third-order valence-electron chi connectivity index (χ3n) is 4.10. The van der Waals surface area contributed by atoms with Crippen LogP contribution in [0.5, 0.6) is 0 Å². The highest BCUT2D eigenvalue weighted by atomic mass is 16.5. The number of ether oxygens (including phenoxy) is 1. The first-order valence-corrected chi connectivity index (χ1v) is 8.77. The molecule has 1 heterocycles. The van der Waals surface area contributed by atoms with E-state index in [1.807, 2.05) is 12.1 Å². The van der Waals surface area contributed by atoms with Crippen LogP contribution in [-0.4, -0.2) is 22.5 Å². The fourth-order valence-corrected chi connectivity index (χ4v) is 2.56. The van der Waals surface area contributed by atoms with Gasteiger partial charge in [0.1, 0.15) is 5.82 Å². The maximum Gasteiger partial charge on any atom is 0.340 e. The third kappa shape index (κ3) is 4.61. The van der Waals surface area contributed by atoms with E-state index in [-0.39, 0.29) is 5.97 Å².